The SMILES string of the molecule is C=CC(=O)O.C=CC(=O)O.CCCO.OCC(CO)(CO)CO. The van der Waals surface area contributed by atoms with Gasteiger partial charge in [-0.25, -0.2) is 9.59 Å². The third-order valence-corrected chi connectivity index (χ3v) is 1.91. The van der Waals surface area contributed by atoms with Gasteiger partial charge >= 0.3 is 11.9 Å². The van der Waals surface area contributed by atoms with Gasteiger partial charge in [0.2, 0.25) is 0 Å². The van der Waals surface area contributed by atoms with Crippen molar-refractivity contribution >= 4 is 11.9 Å². The molecule has 9 nitrogen and oxygen atoms in total. The van der Waals surface area contributed by atoms with E-state index in [1.54, 1.807) is 0 Å². The highest BCUT2D eigenvalue weighted by molar-refractivity contribution is 5.79. The van der Waals surface area contributed by atoms with Crippen molar-refractivity contribution in [2.45, 2.75) is 13.3 Å². The van der Waals surface area contributed by atoms with Crippen molar-refractivity contribution in [3.05, 3.63) is 25.3 Å². The molecule has 138 valence electrons. The number of carbonyl (C=O) groups is 2. The van der Waals surface area contributed by atoms with E-state index in [1.807, 2.05) is 6.92 Å². The fraction of sp³-hybridized carbons (Fsp3) is 0.571. The molecule has 0 atom stereocenters. The van der Waals surface area contributed by atoms with Crippen LogP contribution in [0.3, 0.4) is 0 Å². The Balaban J connectivity index is -0.000000112. The molecule has 9 heteroatoms. The Morgan fingerprint density at radius 3 is 1.00 bits per heavy atom. The monoisotopic (exact) mass is 340 g/mol. The van der Waals surface area contributed by atoms with Crippen LogP contribution < -0.4 is 0 Å². The molecule has 0 saturated heterocycles. The third kappa shape index (κ3) is 29.0. The van der Waals surface area contributed by atoms with Crippen LogP contribution in [0.25, 0.3) is 0 Å². The molecule has 0 unspecified atom stereocenters. The van der Waals surface area contributed by atoms with Crippen LogP contribution in [0.15, 0.2) is 25.3 Å². The fourth-order valence-electron chi connectivity index (χ4n) is 0.300. The minimum Gasteiger partial charge on any atom is -0.478 e. The maximum Gasteiger partial charge on any atom is 0.327 e. The second-order valence-corrected chi connectivity index (χ2v) is 3.94. The van der Waals surface area contributed by atoms with E-state index in [0.29, 0.717) is 6.61 Å². The van der Waals surface area contributed by atoms with Crippen molar-refractivity contribution in [1.82, 2.24) is 0 Å². The minimum atomic E-state index is -1.11. The number of hydrogen-bond acceptors (Lipinski definition) is 7. The zero-order chi connectivity index (χ0) is 19.3. The molecule has 0 heterocycles. The van der Waals surface area contributed by atoms with Gasteiger partial charge in [0.15, 0.2) is 0 Å². The van der Waals surface area contributed by atoms with Gasteiger partial charge in [0.05, 0.1) is 31.8 Å². The Bertz CT molecular complexity index is 261. The summed E-state index contributed by atoms with van der Waals surface area (Å²) in [5, 5.41) is 57.1. The zero-order valence-electron chi connectivity index (χ0n) is 13.3. The first-order chi connectivity index (χ1) is 10.7. The summed E-state index contributed by atoms with van der Waals surface area (Å²) in [4.78, 5) is 18.5. The number of carboxylic acid groups (broad SMARTS) is 2. The van der Waals surface area contributed by atoms with Gasteiger partial charge in [0, 0.05) is 18.8 Å². The van der Waals surface area contributed by atoms with Crippen LogP contribution in [0.5, 0.6) is 0 Å². The summed E-state index contributed by atoms with van der Waals surface area (Å²) in [6, 6.07) is 0. The predicted molar refractivity (Wildman–Crippen MR) is 83.8 cm³/mol. The van der Waals surface area contributed by atoms with E-state index >= 15 is 0 Å². The van der Waals surface area contributed by atoms with Crippen molar-refractivity contribution in [2.24, 2.45) is 5.41 Å². The summed E-state index contributed by atoms with van der Waals surface area (Å²) in [6.07, 6.45) is 2.54. The smallest absolute Gasteiger partial charge is 0.327 e. The summed E-state index contributed by atoms with van der Waals surface area (Å²) in [5.41, 5.74) is -1.11. The number of aliphatic carboxylic acids is 2. The topological polar surface area (TPSA) is 176 Å². The molecule has 0 aromatic carbocycles. The molecule has 0 aliphatic rings. The molecule has 0 radical (unpaired) electrons. The Morgan fingerprint density at radius 2 is 1.00 bits per heavy atom. The van der Waals surface area contributed by atoms with E-state index in [2.05, 4.69) is 13.2 Å². The summed E-state index contributed by atoms with van der Waals surface area (Å²) < 4.78 is 0. The summed E-state index contributed by atoms with van der Waals surface area (Å²) in [6.45, 7) is 6.55. The number of hydrogen-bond donors (Lipinski definition) is 7. The summed E-state index contributed by atoms with van der Waals surface area (Å²) >= 11 is 0. The van der Waals surface area contributed by atoms with E-state index in [9.17, 15) is 9.59 Å². The van der Waals surface area contributed by atoms with Crippen molar-refractivity contribution in [2.75, 3.05) is 33.0 Å². The number of carboxylic acids is 2. The molecule has 0 fully saturated rings. The fourth-order valence-corrected chi connectivity index (χ4v) is 0.300. The van der Waals surface area contributed by atoms with Crippen LogP contribution in [-0.2, 0) is 9.59 Å². The van der Waals surface area contributed by atoms with Gasteiger partial charge in [-0.3, -0.25) is 0 Å². The number of aliphatic hydroxyl groups is 5. The predicted octanol–water partition coefficient (Wildman–Crippen LogP) is -1.16. The largest absolute Gasteiger partial charge is 0.478 e. The molecule has 7 N–H and O–H groups in total. The van der Waals surface area contributed by atoms with Gasteiger partial charge < -0.3 is 35.7 Å². The lowest BCUT2D eigenvalue weighted by molar-refractivity contribution is -0.132. The highest BCUT2D eigenvalue weighted by atomic mass is 16.4. The van der Waals surface area contributed by atoms with Gasteiger partial charge in [-0.2, -0.15) is 0 Å². The Morgan fingerprint density at radius 1 is 0.826 bits per heavy atom. The average molecular weight is 340 g/mol. The molecule has 0 bridgehead atoms. The lowest BCUT2D eigenvalue weighted by atomic mass is 9.93. The average Bonchev–Trinajstić information content (AvgIpc) is 2.58. The van der Waals surface area contributed by atoms with E-state index in [4.69, 9.17) is 35.7 Å². The molecule has 0 rings (SSSR count). The van der Waals surface area contributed by atoms with Crippen molar-refractivity contribution in [3.8, 4) is 0 Å². The maximum atomic E-state index is 9.25. The molecule has 23 heavy (non-hydrogen) atoms. The van der Waals surface area contributed by atoms with Crippen LogP contribution in [0.4, 0.5) is 0 Å². The maximum absolute atomic E-state index is 9.25. The highest BCUT2D eigenvalue weighted by Gasteiger charge is 2.26. The lowest BCUT2D eigenvalue weighted by Crippen LogP contribution is -2.37. The molecule has 0 aliphatic carbocycles. The standard InChI is InChI=1S/C5H12O4.2C3H4O2.C3H8O/c6-1-5(2-7,3-8)4-9;2*1-2-3(4)5;1-2-3-4/h6-9H,1-4H2;2*2H,1H2,(H,4,5);4H,2-3H2,1H3. The van der Waals surface area contributed by atoms with Crippen LogP contribution in [-0.4, -0.2) is 80.7 Å². The van der Waals surface area contributed by atoms with E-state index < -0.39 is 43.8 Å². The van der Waals surface area contributed by atoms with Gasteiger partial charge in [-0.15, -0.1) is 0 Å². The summed E-state index contributed by atoms with van der Waals surface area (Å²) in [5.74, 6) is -1.96. The summed E-state index contributed by atoms with van der Waals surface area (Å²) in [7, 11) is 0. The van der Waals surface area contributed by atoms with Crippen molar-refractivity contribution in [3.63, 3.8) is 0 Å². The minimum absolute atomic E-state index is 0.319. The first-order valence-corrected chi connectivity index (χ1v) is 6.45. The van der Waals surface area contributed by atoms with Gasteiger partial charge in [0.25, 0.3) is 0 Å². The first kappa shape index (κ1) is 29.3. The quantitative estimate of drug-likeness (QED) is 0.282. The molecule has 0 aliphatic heterocycles. The molecule has 0 aromatic rings. The molecule has 0 saturated carbocycles. The zero-order valence-corrected chi connectivity index (χ0v) is 13.3. The molecular formula is C14H28O9. The van der Waals surface area contributed by atoms with E-state index in [-0.39, 0.29) is 0 Å². The Labute approximate surface area is 135 Å². The second kappa shape index (κ2) is 22.5. The van der Waals surface area contributed by atoms with Crippen molar-refractivity contribution in [1.29, 1.82) is 0 Å². The number of aliphatic hydroxyl groups excluding tert-OH is 5. The van der Waals surface area contributed by atoms with E-state index in [0.717, 1.165) is 18.6 Å². The van der Waals surface area contributed by atoms with Gasteiger partial charge in [0.1, 0.15) is 0 Å². The normalized spacial score (nSPS) is 8.78. The van der Waals surface area contributed by atoms with Crippen LogP contribution in [0.1, 0.15) is 13.3 Å². The van der Waals surface area contributed by atoms with E-state index in [1.165, 1.54) is 0 Å². The van der Waals surface area contributed by atoms with Crippen LogP contribution in [0, 0.1) is 5.41 Å². The lowest BCUT2D eigenvalue weighted by Gasteiger charge is -2.23. The molecule has 0 amide bonds. The van der Waals surface area contributed by atoms with Gasteiger partial charge in [-0.05, 0) is 6.42 Å². The Hall–Kier alpha value is -1.78. The first-order valence-electron chi connectivity index (χ1n) is 6.45. The third-order valence-electron chi connectivity index (χ3n) is 1.91. The van der Waals surface area contributed by atoms with Crippen molar-refractivity contribution < 1.29 is 45.3 Å². The van der Waals surface area contributed by atoms with Gasteiger partial charge in [-0.1, -0.05) is 20.1 Å². The Kier molecular flexibility index (Phi) is 28.6. The molecular weight excluding hydrogens is 312 g/mol. The molecule has 0 spiro atoms. The second-order valence-electron chi connectivity index (χ2n) is 3.94. The highest BCUT2D eigenvalue weighted by Crippen LogP contribution is 2.11. The molecule has 0 aromatic heterocycles. The van der Waals surface area contributed by atoms with Crippen LogP contribution in [0.2, 0.25) is 0 Å². The van der Waals surface area contributed by atoms with Crippen LogP contribution >= 0.6 is 0 Å². The number of rotatable bonds is 7.